The molecule has 184 valence electrons. The van der Waals surface area contributed by atoms with Gasteiger partial charge in [-0.3, -0.25) is 0 Å². The highest BCUT2D eigenvalue weighted by Crippen LogP contribution is 2.33. The van der Waals surface area contributed by atoms with Crippen LogP contribution >= 0.6 is 0 Å². The first kappa shape index (κ1) is 26.8. The Labute approximate surface area is 184 Å². The lowest BCUT2D eigenvalue weighted by molar-refractivity contribution is -0.365. The third-order valence-corrected chi connectivity index (χ3v) is 5.73. The van der Waals surface area contributed by atoms with E-state index in [1.54, 1.807) is 56.9 Å². The Morgan fingerprint density at radius 3 is 1.32 bits per heavy atom. The van der Waals surface area contributed by atoms with Crippen molar-refractivity contribution in [3.8, 4) is 0 Å². The van der Waals surface area contributed by atoms with Gasteiger partial charge in [0.2, 0.25) is 0 Å². The van der Waals surface area contributed by atoms with Crippen LogP contribution in [0.1, 0.15) is 0 Å². The molecule has 2 aliphatic heterocycles. The summed E-state index contributed by atoms with van der Waals surface area (Å²) < 4.78 is 63.2. The lowest BCUT2D eigenvalue weighted by Gasteiger charge is -2.49. The molecule has 0 aromatic heterocycles. The van der Waals surface area contributed by atoms with Crippen LogP contribution in [0.25, 0.3) is 0 Å². The Hall–Kier alpha value is -0.440. The smallest absolute Gasteiger partial charge is 0.187 e. The van der Waals surface area contributed by atoms with E-state index in [9.17, 15) is 0 Å². The zero-order valence-corrected chi connectivity index (χ0v) is 19.7. The molecule has 2 saturated heterocycles. The maximum absolute atomic E-state index is 6.43. The monoisotopic (exact) mass is 454 g/mol. The van der Waals surface area contributed by atoms with Gasteiger partial charge in [0.1, 0.15) is 48.8 Å². The van der Waals surface area contributed by atoms with E-state index in [2.05, 4.69) is 0 Å². The Morgan fingerprint density at radius 2 is 0.871 bits per heavy atom. The molecule has 0 saturated carbocycles. The van der Waals surface area contributed by atoms with Crippen molar-refractivity contribution < 1.29 is 52.1 Å². The van der Waals surface area contributed by atoms with E-state index in [0.29, 0.717) is 0 Å². The summed E-state index contributed by atoms with van der Waals surface area (Å²) >= 11 is 0. The lowest BCUT2D eigenvalue weighted by atomic mass is 9.96. The van der Waals surface area contributed by atoms with E-state index < -0.39 is 61.4 Å². The predicted octanol–water partition coefficient (Wildman–Crippen LogP) is -0.164. The van der Waals surface area contributed by atoms with Crippen LogP contribution in [-0.2, 0) is 52.1 Å². The summed E-state index contributed by atoms with van der Waals surface area (Å²) in [6, 6.07) is 0. The van der Waals surface area contributed by atoms with Crippen molar-refractivity contribution in [1.29, 1.82) is 0 Å². The largest absolute Gasteiger partial charge is 0.382 e. The summed E-state index contributed by atoms with van der Waals surface area (Å²) in [6.07, 6.45) is -5.50. The highest BCUT2D eigenvalue weighted by molar-refractivity contribution is 4.96. The van der Waals surface area contributed by atoms with Gasteiger partial charge in [0, 0.05) is 56.9 Å². The van der Waals surface area contributed by atoms with Crippen molar-refractivity contribution in [2.75, 3.05) is 70.1 Å². The zero-order valence-electron chi connectivity index (χ0n) is 19.7. The second-order valence-electron chi connectivity index (χ2n) is 7.33. The minimum atomic E-state index is -0.816. The molecule has 2 heterocycles. The fraction of sp³-hybridized carbons (Fsp3) is 1.00. The summed E-state index contributed by atoms with van der Waals surface area (Å²) in [5.74, 6) is 0. The standard InChI is InChI=1S/C20H38O11/c1-21-9-11-13(23-3)15(24-4)18(27-7)20(30-11)31-14-12(10-22-2)29-19(28-8)17(26-6)16(14)25-5/h11-20H,9-10H2,1-8H3/t11-,12-,13-,14-,15+,16+,17+,18-,19-,20+/m1/s1. The molecule has 0 amide bonds. The highest BCUT2D eigenvalue weighted by atomic mass is 16.8. The first-order valence-electron chi connectivity index (χ1n) is 10.2. The Morgan fingerprint density at radius 1 is 0.452 bits per heavy atom. The van der Waals surface area contributed by atoms with E-state index >= 15 is 0 Å². The maximum atomic E-state index is 6.43. The minimum Gasteiger partial charge on any atom is -0.382 e. The van der Waals surface area contributed by atoms with Crippen molar-refractivity contribution in [1.82, 2.24) is 0 Å². The number of methoxy groups -OCH3 is 8. The van der Waals surface area contributed by atoms with Gasteiger partial charge in [-0.2, -0.15) is 0 Å². The van der Waals surface area contributed by atoms with Crippen molar-refractivity contribution in [2.45, 2.75) is 61.4 Å². The van der Waals surface area contributed by atoms with Crippen LogP contribution in [0, 0.1) is 0 Å². The van der Waals surface area contributed by atoms with Crippen LogP contribution in [0.2, 0.25) is 0 Å². The summed E-state index contributed by atoms with van der Waals surface area (Å²) in [6.45, 7) is 0.540. The van der Waals surface area contributed by atoms with Gasteiger partial charge in [0.15, 0.2) is 12.6 Å². The van der Waals surface area contributed by atoms with Gasteiger partial charge in [0.05, 0.1) is 13.2 Å². The second kappa shape index (κ2) is 13.3. The SMILES string of the molecule is COC[C@H]1O[C@@H](OC)[C@@H](OC)[C@@H](OC)[C@@H]1O[C@@H]1O[C@H](COC)[C@@H](OC)[C@H](OC)[C@H]1OC. The fourth-order valence-electron chi connectivity index (χ4n) is 4.29. The van der Waals surface area contributed by atoms with Crippen LogP contribution < -0.4 is 0 Å². The first-order chi connectivity index (χ1) is 15.0. The molecule has 0 bridgehead atoms. The molecule has 10 atom stereocenters. The molecule has 0 spiro atoms. The lowest BCUT2D eigenvalue weighted by Crippen LogP contribution is -2.66. The Bertz CT molecular complexity index is 496. The molecule has 11 heteroatoms. The quantitative estimate of drug-likeness (QED) is 0.393. The molecule has 0 aliphatic carbocycles. The molecule has 0 N–H and O–H groups in total. The Kier molecular flexibility index (Phi) is 11.5. The van der Waals surface area contributed by atoms with Gasteiger partial charge < -0.3 is 52.1 Å². The molecule has 2 aliphatic rings. The average molecular weight is 455 g/mol. The van der Waals surface area contributed by atoms with Gasteiger partial charge in [-0.05, 0) is 0 Å². The number of hydrogen-bond donors (Lipinski definition) is 0. The maximum Gasteiger partial charge on any atom is 0.187 e. The van der Waals surface area contributed by atoms with Crippen LogP contribution in [0.15, 0.2) is 0 Å². The van der Waals surface area contributed by atoms with Crippen LogP contribution in [0.3, 0.4) is 0 Å². The fourth-order valence-corrected chi connectivity index (χ4v) is 4.29. The van der Waals surface area contributed by atoms with Gasteiger partial charge in [0.25, 0.3) is 0 Å². The van der Waals surface area contributed by atoms with Gasteiger partial charge >= 0.3 is 0 Å². The third kappa shape index (κ3) is 5.92. The van der Waals surface area contributed by atoms with Crippen molar-refractivity contribution in [3.63, 3.8) is 0 Å². The summed E-state index contributed by atoms with van der Waals surface area (Å²) in [5.41, 5.74) is 0. The highest BCUT2D eigenvalue weighted by Gasteiger charge is 2.53. The molecule has 0 radical (unpaired) electrons. The molecule has 0 unspecified atom stereocenters. The van der Waals surface area contributed by atoms with Crippen LogP contribution in [0.4, 0.5) is 0 Å². The van der Waals surface area contributed by atoms with E-state index in [1.807, 2.05) is 0 Å². The third-order valence-electron chi connectivity index (χ3n) is 5.73. The van der Waals surface area contributed by atoms with Gasteiger partial charge in [-0.1, -0.05) is 0 Å². The molecule has 0 aromatic rings. The molecular weight excluding hydrogens is 416 g/mol. The minimum absolute atomic E-state index is 0.251. The predicted molar refractivity (Wildman–Crippen MR) is 107 cm³/mol. The number of rotatable bonds is 12. The summed E-state index contributed by atoms with van der Waals surface area (Å²) in [7, 11) is 12.6. The van der Waals surface area contributed by atoms with E-state index in [4.69, 9.17) is 52.1 Å². The summed E-state index contributed by atoms with van der Waals surface area (Å²) in [5, 5.41) is 0. The van der Waals surface area contributed by atoms with Gasteiger partial charge in [-0.25, -0.2) is 0 Å². The van der Waals surface area contributed by atoms with E-state index in [0.717, 1.165) is 0 Å². The van der Waals surface area contributed by atoms with E-state index in [-0.39, 0.29) is 13.2 Å². The summed E-state index contributed by atoms with van der Waals surface area (Å²) in [4.78, 5) is 0. The molecule has 31 heavy (non-hydrogen) atoms. The zero-order chi connectivity index (χ0) is 23.0. The number of hydrogen-bond acceptors (Lipinski definition) is 11. The normalized spacial score (nSPS) is 41.4. The van der Waals surface area contributed by atoms with Crippen LogP contribution in [0.5, 0.6) is 0 Å². The van der Waals surface area contributed by atoms with Crippen molar-refractivity contribution >= 4 is 0 Å². The molecule has 2 rings (SSSR count). The molecule has 0 aromatic carbocycles. The van der Waals surface area contributed by atoms with Crippen LogP contribution in [-0.4, -0.2) is 132 Å². The Balaban J connectivity index is 2.32. The average Bonchev–Trinajstić information content (AvgIpc) is 2.79. The van der Waals surface area contributed by atoms with Gasteiger partial charge in [-0.15, -0.1) is 0 Å². The van der Waals surface area contributed by atoms with Crippen molar-refractivity contribution in [3.05, 3.63) is 0 Å². The van der Waals surface area contributed by atoms with E-state index in [1.165, 1.54) is 0 Å². The molecular formula is C20H38O11. The number of ether oxygens (including phenoxy) is 11. The topological polar surface area (TPSA) is 102 Å². The molecule has 2 fully saturated rings. The second-order valence-corrected chi connectivity index (χ2v) is 7.33. The van der Waals surface area contributed by atoms with Crippen molar-refractivity contribution in [2.24, 2.45) is 0 Å². The molecule has 11 nitrogen and oxygen atoms in total. The first-order valence-corrected chi connectivity index (χ1v) is 10.2.